The summed E-state index contributed by atoms with van der Waals surface area (Å²) in [6.45, 7) is 0.425. The number of carbonyl (C=O) groups is 1. The van der Waals surface area contributed by atoms with E-state index in [1.54, 1.807) is 30.1 Å². The van der Waals surface area contributed by atoms with E-state index in [1.165, 1.54) is 6.07 Å². The average Bonchev–Trinajstić information content (AvgIpc) is 2.71. The number of halogens is 1. The normalized spacial score (nSPS) is 20.6. The van der Waals surface area contributed by atoms with Crippen molar-refractivity contribution in [1.82, 2.24) is 10.2 Å². The summed E-state index contributed by atoms with van der Waals surface area (Å²) >= 11 is 0. The van der Waals surface area contributed by atoms with Crippen LogP contribution in [0.4, 0.5) is 4.39 Å². The van der Waals surface area contributed by atoms with Crippen LogP contribution < -0.4 is 5.32 Å². The molecule has 0 radical (unpaired) electrons. The van der Waals surface area contributed by atoms with Gasteiger partial charge in [-0.05, 0) is 19.5 Å². The zero-order valence-electron chi connectivity index (χ0n) is 11.9. The van der Waals surface area contributed by atoms with Gasteiger partial charge in [-0.2, -0.15) is 0 Å². The largest absolute Gasteiger partial charge is 0.351 e. The molecule has 1 fully saturated rings. The summed E-state index contributed by atoms with van der Waals surface area (Å²) < 4.78 is 36.1. The van der Waals surface area contributed by atoms with Crippen molar-refractivity contribution in [2.45, 2.75) is 19.0 Å². The molecule has 21 heavy (non-hydrogen) atoms. The van der Waals surface area contributed by atoms with Crippen LogP contribution in [0.15, 0.2) is 24.3 Å². The first kappa shape index (κ1) is 15.9. The predicted octanol–water partition coefficient (Wildman–Crippen LogP) is 0.561. The van der Waals surface area contributed by atoms with Gasteiger partial charge in [-0.3, -0.25) is 9.69 Å². The summed E-state index contributed by atoms with van der Waals surface area (Å²) in [5.74, 6) is -0.402. The van der Waals surface area contributed by atoms with Crippen molar-refractivity contribution in [1.29, 1.82) is 0 Å². The lowest BCUT2D eigenvalue weighted by Gasteiger charge is -2.18. The number of likely N-dealkylation sites (N-methyl/N-ethyl adjacent to an activating group) is 1. The Kier molecular flexibility index (Phi) is 4.95. The third-order valence-electron chi connectivity index (χ3n) is 3.41. The highest BCUT2D eigenvalue weighted by Gasteiger charge is 2.28. The molecule has 0 aromatic heterocycles. The number of benzene rings is 1. The van der Waals surface area contributed by atoms with Gasteiger partial charge in [0.15, 0.2) is 9.84 Å². The minimum atomic E-state index is -3.00. The highest BCUT2D eigenvalue weighted by Crippen LogP contribution is 2.11. The minimum absolute atomic E-state index is 0.00969. The lowest BCUT2D eigenvalue weighted by atomic mass is 10.2. The first-order chi connectivity index (χ1) is 9.85. The SMILES string of the molecule is CN(CC(=O)NC1CCS(=O)(=O)C1)Cc1ccccc1F. The van der Waals surface area contributed by atoms with Crippen LogP contribution in [0, 0.1) is 5.82 Å². The number of hydrogen-bond donors (Lipinski definition) is 1. The highest BCUT2D eigenvalue weighted by atomic mass is 32.2. The van der Waals surface area contributed by atoms with Gasteiger partial charge >= 0.3 is 0 Å². The Hall–Kier alpha value is -1.47. The van der Waals surface area contributed by atoms with Crippen LogP contribution in [0.3, 0.4) is 0 Å². The predicted molar refractivity (Wildman–Crippen MR) is 77.9 cm³/mol. The summed E-state index contributed by atoms with van der Waals surface area (Å²) in [6, 6.07) is 6.12. The average molecular weight is 314 g/mol. The molecule has 0 spiro atoms. The Morgan fingerprint density at radius 1 is 1.43 bits per heavy atom. The van der Waals surface area contributed by atoms with Crippen LogP contribution >= 0.6 is 0 Å². The molecule has 1 aromatic carbocycles. The molecule has 5 nitrogen and oxygen atoms in total. The summed E-state index contributed by atoms with van der Waals surface area (Å²) in [5.41, 5.74) is 0.524. The molecule has 1 aromatic rings. The van der Waals surface area contributed by atoms with Gasteiger partial charge in [-0.1, -0.05) is 18.2 Å². The molecule has 2 rings (SSSR count). The fourth-order valence-electron chi connectivity index (χ4n) is 2.40. The Bertz CT molecular complexity index is 618. The molecule has 1 unspecified atom stereocenters. The zero-order chi connectivity index (χ0) is 15.5. The van der Waals surface area contributed by atoms with Crippen LogP contribution in [-0.2, 0) is 21.2 Å². The Morgan fingerprint density at radius 2 is 2.14 bits per heavy atom. The summed E-state index contributed by atoms with van der Waals surface area (Å²) in [7, 11) is -1.28. The van der Waals surface area contributed by atoms with Crippen molar-refractivity contribution in [3.63, 3.8) is 0 Å². The second-order valence-electron chi connectivity index (χ2n) is 5.43. The summed E-state index contributed by atoms with van der Waals surface area (Å²) in [6.07, 6.45) is 0.463. The quantitative estimate of drug-likeness (QED) is 0.862. The third-order valence-corrected chi connectivity index (χ3v) is 5.18. The van der Waals surface area contributed by atoms with Gasteiger partial charge in [0, 0.05) is 18.2 Å². The lowest BCUT2D eigenvalue weighted by molar-refractivity contribution is -0.122. The Labute approximate surface area is 124 Å². The van der Waals surface area contributed by atoms with Crippen molar-refractivity contribution in [2.75, 3.05) is 25.1 Å². The smallest absolute Gasteiger partial charge is 0.234 e. The van der Waals surface area contributed by atoms with Crippen molar-refractivity contribution in [3.8, 4) is 0 Å². The number of amides is 1. The van der Waals surface area contributed by atoms with Gasteiger partial charge in [0.2, 0.25) is 5.91 Å². The molecule has 1 heterocycles. The number of hydrogen-bond acceptors (Lipinski definition) is 4. The van der Waals surface area contributed by atoms with Crippen molar-refractivity contribution < 1.29 is 17.6 Å². The van der Waals surface area contributed by atoms with Gasteiger partial charge in [0.1, 0.15) is 5.82 Å². The van der Waals surface area contributed by atoms with E-state index < -0.39 is 9.84 Å². The van der Waals surface area contributed by atoms with E-state index in [4.69, 9.17) is 0 Å². The van der Waals surface area contributed by atoms with Gasteiger partial charge in [0.25, 0.3) is 0 Å². The number of nitrogens with one attached hydrogen (secondary N) is 1. The first-order valence-corrected chi connectivity index (χ1v) is 8.59. The molecular formula is C14H19FN2O3S. The monoisotopic (exact) mass is 314 g/mol. The van der Waals surface area contributed by atoms with E-state index >= 15 is 0 Å². The van der Waals surface area contributed by atoms with E-state index in [-0.39, 0.29) is 35.8 Å². The topological polar surface area (TPSA) is 66.5 Å². The Balaban J connectivity index is 1.81. The molecule has 1 aliphatic rings. The van der Waals surface area contributed by atoms with Crippen LogP contribution in [0.1, 0.15) is 12.0 Å². The minimum Gasteiger partial charge on any atom is -0.351 e. The van der Waals surface area contributed by atoms with Gasteiger partial charge in [-0.15, -0.1) is 0 Å². The standard InChI is InChI=1S/C14H19FN2O3S/c1-17(8-11-4-2-3-5-13(11)15)9-14(18)16-12-6-7-21(19,20)10-12/h2-5,12H,6-10H2,1H3,(H,16,18). The van der Waals surface area contributed by atoms with Gasteiger partial charge in [-0.25, -0.2) is 12.8 Å². The van der Waals surface area contributed by atoms with Gasteiger partial charge < -0.3 is 5.32 Å². The maximum absolute atomic E-state index is 13.5. The summed E-state index contributed by atoms with van der Waals surface area (Å²) in [5, 5.41) is 2.71. The number of carbonyl (C=O) groups excluding carboxylic acids is 1. The molecule has 7 heteroatoms. The molecule has 0 aliphatic carbocycles. The van der Waals surface area contributed by atoms with Gasteiger partial charge in [0.05, 0.1) is 18.1 Å². The fourth-order valence-corrected chi connectivity index (χ4v) is 4.07. The van der Waals surface area contributed by atoms with E-state index in [2.05, 4.69) is 5.32 Å². The maximum Gasteiger partial charge on any atom is 0.234 e. The van der Waals surface area contributed by atoms with E-state index in [0.717, 1.165) is 0 Å². The van der Waals surface area contributed by atoms with Crippen molar-refractivity contribution in [2.24, 2.45) is 0 Å². The van der Waals surface area contributed by atoms with Crippen molar-refractivity contribution >= 4 is 15.7 Å². The van der Waals surface area contributed by atoms with Crippen LogP contribution in [-0.4, -0.2) is 50.4 Å². The zero-order valence-corrected chi connectivity index (χ0v) is 12.7. The molecule has 1 N–H and O–H groups in total. The lowest BCUT2D eigenvalue weighted by Crippen LogP contribution is -2.41. The second kappa shape index (κ2) is 6.53. The molecule has 1 amide bonds. The van der Waals surface area contributed by atoms with Crippen LogP contribution in [0.5, 0.6) is 0 Å². The molecule has 0 bridgehead atoms. The van der Waals surface area contributed by atoms with Crippen LogP contribution in [0.2, 0.25) is 0 Å². The molecule has 1 saturated heterocycles. The third kappa shape index (κ3) is 4.78. The number of nitrogens with zero attached hydrogens (tertiary/aromatic N) is 1. The number of sulfone groups is 1. The Morgan fingerprint density at radius 3 is 2.76 bits per heavy atom. The molecule has 116 valence electrons. The molecule has 1 aliphatic heterocycles. The second-order valence-corrected chi connectivity index (χ2v) is 7.66. The van der Waals surface area contributed by atoms with E-state index in [1.807, 2.05) is 0 Å². The molecular weight excluding hydrogens is 295 g/mol. The first-order valence-electron chi connectivity index (χ1n) is 6.77. The fraction of sp³-hybridized carbons (Fsp3) is 0.500. The number of rotatable bonds is 5. The van der Waals surface area contributed by atoms with E-state index in [0.29, 0.717) is 18.5 Å². The highest BCUT2D eigenvalue weighted by molar-refractivity contribution is 7.91. The van der Waals surface area contributed by atoms with E-state index in [9.17, 15) is 17.6 Å². The van der Waals surface area contributed by atoms with Crippen LogP contribution in [0.25, 0.3) is 0 Å². The molecule has 1 atom stereocenters. The maximum atomic E-state index is 13.5. The summed E-state index contributed by atoms with van der Waals surface area (Å²) in [4.78, 5) is 13.5. The van der Waals surface area contributed by atoms with Crippen molar-refractivity contribution in [3.05, 3.63) is 35.6 Å². The molecule has 0 saturated carbocycles.